The minimum atomic E-state index is -5.44. The number of aryl methyl sites for hydroxylation is 1. The summed E-state index contributed by atoms with van der Waals surface area (Å²) in [6.45, 7) is 2.76. The number of alkyl halides is 6. The van der Waals surface area contributed by atoms with Gasteiger partial charge in [-0.2, -0.15) is 36.2 Å². The first-order valence-corrected chi connectivity index (χ1v) is 12.5. The van der Waals surface area contributed by atoms with Crippen molar-refractivity contribution < 1.29 is 35.9 Å². The van der Waals surface area contributed by atoms with Crippen LogP contribution in [0.5, 0.6) is 0 Å². The van der Waals surface area contributed by atoms with Gasteiger partial charge in [-0.25, -0.2) is 9.67 Å². The van der Waals surface area contributed by atoms with Gasteiger partial charge >= 0.3 is 12.4 Å². The Morgan fingerprint density at radius 2 is 1.60 bits per heavy atom. The highest BCUT2D eigenvalue weighted by atomic mass is 35.5. The van der Waals surface area contributed by atoms with Crippen LogP contribution in [0.2, 0.25) is 10.0 Å². The summed E-state index contributed by atoms with van der Waals surface area (Å²) in [6.07, 6.45) is -9.55. The number of halogens is 8. The van der Waals surface area contributed by atoms with Gasteiger partial charge in [-0.1, -0.05) is 23.2 Å². The van der Waals surface area contributed by atoms with E-state index >= 15 is 0 Å². The van der Waals surface area contributed by atoms with Crippen molar-refractivity contribution >= 4 is 40.7 Å². The molecule has 0 radical (unpaired) electrons. The maximum atomic E-state index is 13.5. The van der Waals surface area contributed by atoms with E-state index in [9.17, 15) is 35.9 Å². The third kappa shape index (κ3) is 6.49. The second-order valence-electron chi connectivity index (χ2n) is 8.62. The van der Waals surface area contributed by atoms with E-state index < -0.39 is 42.1 Å². The number of carbonyl (C=O) groups excluding carboxylic acids is 2. The first kappa shape index (κ1) is 30.8. The third-order valence-corrected chi connectivity index (χ3v) is 6.06. The predicted molar refractivity (Wildman–Crippen MR) is 138 cm³/mol. The van der Waals surface area contributed by atoms with Crippen molar-refractivity contribution in [2.45, 2.75) is 32.7 Å². The van der Waals surface area contributed by atoms with E-state index in [2.05, 4.69) is 30.9 Å². The van der Waals surface area contributed by atoms with Crippen molar-refractivity contribution in [1.82, 2.24) is 35.1 Å². The second-order valence-corrected chi connectivity index (χ2v) is 9.47. The Hall–Kier alpha value is -4.18. The first-order chi connectivity index (χ1) is 19.6. The number of benzene rings is 1. The Morgan fingerprint density at radius 3 is 2.17 bits per heavy atom. The molecule has 10 nitrogen and oxygen atoms in total. The fourth-order valence-electron chi connectivity index (χ4n) is 3.83. The minimum absolute atomic E-state index is 0.0165. The Labute approximate surface area is 242 Å². The highest BCUT2D eigenvalue weighted by Gasteiger charge is 2.48. The highest BCUT2D eigenvalue weighted by molar-refractivity contribution is 6.32. The van der Waals surface area contributed by atoms with Crippen LogP contribution in [0, 0.1) is 6.92 Å². The molecule has 222 valence electrons. The Morgan fingerprint density at radius 1 is 0.952 bits per heavy atom. The second kappa shape index (κ2) is 11.6. The van der Waals surface area contributed by atoms with Crippen LogP contribution in [0.25, 0.3) is 5.82 Å². The molecule has 0 fully saturated rings. The molecule has 4 rings (SSSR count). The van der Waals surface area contributed by atoms with Crippen molar-refractivity contribution in [3.05, 3.63) is 80.5 Å². The number of carbonyl (C=O) groups is 2. The molecule has 0 spiro atoms. The van der Waals surface area contributed by atoms with E-state index in [1.807, 2.05) is 0 Å². The van der Waals surface area contributed by atoms with Gasteiger partial charge in [0.05, 0.1) is 22.0 Å². The van der Waals surface area contributed by atoms with Crippen LogP contribution < -0.4 is 10.6 Å². The Balaban J connectivity index is 1.79. The molecule has 0 aliphatic heterocycles. The fourth-order valence-corrected chi connectivity index (χ4v) is 4.31. The summed E-state index contributed by atoms with van der Waals surface area (Å²) in [4.78, 5) is 30.4. The van der Waals surface area contributed by atoms with Gasteiger partial charge in [0.25, 0.3) is 11.8 Å². The van der Waals surface area contributed by atoms with Crippen molar-refractivity contribution in [2.24, 2.45) is 0 Å². The van der Waals surface area contributed by atoms with Gasteiger partial charge in [0, 0.05) is 17.8 Å². The smallest absolute Gasteiger partial charge is 0.352 e. The van der Waals surface area contributed by atoms with Crippen LogP contribution in [-0.4, -0.2) is 48.1 Å². The molecule has 0 saturated heterocycles. The van der Waals surface area contributed by atoms with Gasteiger partial charge in [0.2, 0.25) is 0 Å². The lowest BCUT2D eigenvalue weighted by Crippen LogP contribution is -2.26. The topological polar surface area (TPSA) is 120 Å². The summed E-state index contributed by atoms with van der Waals surface area (Å²) in [5.74, 6) is -1.48. The maximum Gasteiger partial charge on any atom is 0.437 e. The van der Waals surface area contributed by atoms with Gasteiger partial charge in [0.1, 0.15) is 12.2 Å². The van der Waals surface area contributed by atoms with Crippen LogP contribution in [0.4, 0.5) is 32.0 Å². The molecule has 1 aromatic carbocycles. The number of anilines is 1. The van der Waals surface area contributed by atoms with E-state index in [0.717, 1.165) is 10.7 Å². The Kier molecular flexibility index (Phi) is 8.50. The highest BCUT2D eigenvalue weighted by Crippen LogP contribution is 2.38. The summed E-state index contributed by atoms with van der Waals surface area (Å²) in [6, 6.07) is 6.83. The standard InChI is InChI=1S/C24H18Cl2F6N8O2/c1-3-33-21(41)14-8-12(25)7-11(2)17(14)35-22(42)16-9-13(36-40(16)20-15(26)5-4-6-34-20)10-39-37-18(23(27,28)29)19(38-39)24(30,31)32/h4-9H,3,10H2,1-2H3,(H,33,41)(H,35,42). The molecule has 0 bridgehead atoms. The van der Waals surface area contributed by atoms with E-state index in [-0.39, 0.29) is 49.8 Å². The summed E-state index contributed by atoms with van der Waals surface area (Å²) < 4.78 is 80.3. The molecule has 2 N–H and O–H groups in total. The van der Waals surface area contributed by atoms with Crippen molar-refractivity contribution in [2.75, 3.05) is 11.9 Å². The molecular weight excluding hydrogens is 617 g/mol. The largest absolute Gasteiger partial charge is 0.437 e. The van der Waals surface area contributed by atoms with Crippen LogP contribution >= 0.6 is 23.2 Å². The summed E-state index contributed by atoms with van der Waals surface area (Å²) in [5, 5.41) is 15.5. The number of hydrogen-bond donors (Lipinski definition) is 2. The number of nitrogens with zero attached hydrogens (tertiary/aromatic N) is 6. The zero-order valence-corrected chi connectivity index (χ0v) is 22.9. The van der Waals surface area contributed by atoms with E-state index in [0.29, 0.717) is 5.56 Å². The lowest BCUT2D eigenvalue weighted by molar-refractivity contribution is -0.165. The van der Waals surface area contributed by atoms with E-state index in [1.165, 1.54) is 30.5 Å². The van der Waals surface area contributed by atoms with Crippen LogP contribution in [0.15, 0.2) is 36.5 Å². The monoisotopic (exact) mass is 634 g/mol. The molecule has 2 amide bonds. The minimum Gasteiger partial charge on any atom is -0.352 e. The fraction of sp³-hybridized carbons (Fsp3) is 0.250. The molecule has 3 aromatic heterocycles. The molecule has 42 heavy (non-hydrogen) atoms. The molecule has 4 aromatic rings. The van der Waals surface area contributed by atoms with Gasteiger partial charge in [-0.05, 0) is 49.7 Å². The predicted octanol–water partition coefficient (Wildman–Crippen LogP) is 5.56. The molecular formula is C24H18Cl2F6N8O2. The van der Waals surface area contributed by atoms with Gasteiger partial charge in [-0.3, -0.25) is 9.59 Å². The molecule has 0 atom stereocenters. The van der Waals surface area contributed by atoms with Crippen molar-refractivity contribution in [3.63, 3.8) is 0 Å². The van der Waals surface area contributed by atoms with E-state index in [1.54, 1.807) is 13.8 Å². The molecule has 0 saturated carbocycles. The summed E-state index contributed by atoms with van der Waals surface area (Å²) in [5.41, 5.74) is -4.39. The number of amides is 2. The number of rotatable bonds is 7. The van der Waals surface area contributed by atoms with E-state index in [4.69, 9.17) is 23.2 Å². The summed E-state index contributed by atoms with van der Waals surface area (Å²) in [7, 11) is 0. The maximum absolute atomic E-state index is 13.5. The number of aromatic nitrogens is 6. The molecule has 0 unspecified atom stereocenters. The van der Waals surface area contributed by atoms with Gasteiger partial charge in [-0.15, -0.1) is 10.2 Å². The number of pyridine rings is 1. The molecule has 0 aliphatic carbocycles. The Bertz CT molecular complexity index is 1630. The van der Waals surface area contributed by atoms with Gasteiger partial charge in [0.15, 0.2) is 17.2 Å². The zero-order valence-electron chi connectivity index (χ0n) is 21.4. The average Bonchev–Trinajstić information content (AvgIpc) is 3.51. The molecule has 18 heteroatoms. The van der Waals surface area contributed by atoms with Crippen LogP contribution in [-0.2, 0) is 18.9 Å². The van der Waals surface area contributed by atoms with Crippen molar-refractivity contribution in [3.8, 4) is 5.82 Å². The van der Waals surface area contributed by atoms with Crippen molar-refractivity contribution in [1.29, 1.82) is 0 Å². The lowest BCUT2D eigenvalue weighted by Gasteiger charge is -2.15. The quantitative estimate of drug-likeness (QED) is 0.257. The molecule has 3 heterocycles. The number of hydrogen-bond acceptors (Lipinski definition) is 6. The SMILES string of the molecule is CCNC(=O)c1cc(Cl)cc(C)c1NC(=O)c1cc(Cn2nc(C(F)(F)F)c(C(F)(F)F)n2)nn1-c1ncccc1Cl. The average molecular weight is 635 g/mol. The first-order valence-electron chi connectivity index (χ1n) is 11.8. The van der Waals surface area contributed by atoms with Gasteiger partial charge < -0.3 is 10.6 Å². The lowest BCUT2D eigenvalue weighted by atomic mass is 10.1. The van der Waals surface area contributed by atoms with Crippen LogP contribution in [0.3, 0.4) is 0 Å². The zero-order chi connectivity index (χ0) is 31.0. The summed E-state index contributed by atoms with van der Waals surface area (Å²) >= 11 is 12.3. The van der Waals surface area contributed by atoms with Crippen LogP contribution in [0.1, 0.15) is 50.4 Å². The number of nitrogens with one attached hydrogen (secondary N) is 2. The third-order valence-electron chi connectivity index (χ3n) is 5.55. The normalized spacial score (nSPS) is 12.0. The molecule has 0 aliphatic rings.